The summed E-state index contributed by atoms with van der Waals surface area (Å²) in [5.41, 5.74) is 0. The second-order valence-corrected chi connectivity index (χ2v) is 10.4. The zero-order valence-corrected chi connectivity index (χ0v) is 22.4. The van der Waals surface area contributed by atoms with Gasteiger partial charge >= 0.3 is 18.0 Å². The summed E-state index contributed by atoms with van der Waals surface area (Å²) in [6.45, 7) is 11.2. The fourth-order valence-corrected chi connectivity index (χ4v) is 4.15. The number of aliphatic hydroxyl groups is 2. The van der Waals surface area contributed by atoms with Crippen LogP contribution in [0.2, 0.25) is 5.02 Å². The molecule has 0 aliphatic heterocycles. The van der Waals surface area contributed by atoms with Crippen molar-refractivity contribution < 1.29 is 43.2 Å². The van der Waals surface area contributed by atoms with Gasteiger partial charge in [-0.15, -0.1) is 0 Å². The zero-order chi connectivity index (χ0) is 28.1. The van der Waals surface area contributed by atoms with Gasteiger partial charge in [-0.2, -0.15) is 0 Å². The van der Waals surface area contributed by atoms with Crippen LogP contribution in [0.25, 0.3) is 0 Å². The van der Waals surface area contributed by atoms with Crippen molar-refractivity contribution in [3.05, 3.63) is 29.3 Å². The highest BCUT2D eigenvalue weighted by Gasteiger charge is 2.29. The molecule has 0 aliphatic carbocycles. The van der Waals surface area contributed by atoms with Gasteiger partial charge in [-0.1, -0.05) is 25.4 Å². The van der Waals surface area contributed by atoms with E-state index in [0.717, 1.165) is 19.6 Å². The first-order chi connectivity index (χ1) is 16.7. The molecule has 0 spiro atoms. The standard InChI is InChI=1S/C18H30ClN3O3S.C4H6O6/c1-5-21(6-2)12-11-20-18(23)22(15(3)4)13-14-26(24,25)17-9-7-16(19)8-10-17;5-1(3(7)8)2(6)4(9)10/h7-10,15H,5-6,11-14H2,1-4H3,(H,20,23);1-2,5-6H,(H,7,8)(H,9,10). The Balaban J connectivity index is 0.00000103. The van der Waals surface area contributed by atoms with Crippen molar-refractivity contribution in [2.24, 2.45) is 0 Å². The van der Waals surface area contributed by atoms with Gasteiger partial charge in [-0.25, -0.2) is 22.8 Å². The number of nitrogens with zero attached hydrogens (tertiary/aromatic N) is 2. The van der Waals surface area contributed by atoms with Crippen LogP contribution in [0.3, 0.4) is 0 Å². The minimum absolute atomic E-state index is 0.0936. The molecule has 0 fully saturated rings. The van der Waals surface area contributed by atoms with Crippen LogP contribution in [0.15, 0.2) is 29.2 Å². The Hall–Kier alpha value is -2.45. The van der Waals surface area contributed by atoms with Gasteiger partial charge < -0.3 is 35.5 Å². The fourth-order valence-electron chi connectivity index (χ4n) is 2.80. The van der Waals surface area contributed by atoms with Crippen LogP contribution < -0.4 is 5.32 Å². The van der Waals surface area contributed by atoms with Crippen molar-refractivity contribution >= 4 is 39.4 Å². The van der Waals surface area contributed by atoms with Crippen LogP contribution in [0.1, 0.15) is 27.7 Å². The molecule has 2 atom stereocenters. The number of nitrogens with one attached hydrogen (secondary N) is 1. The lowest BCUT2D eigenvalue weighted by Crippen LogP contribution is -2.47. The first kappa shape index (κ1) is 33.5. The molecule has 1 aromatic rings. The molecule has 0 aliphatic rings. The average Bonchev–Trinajstić information content (AvgIpc) is 2.81. The van der Waals surface area contributed by atoms with Gasteiger partial charge in [0.1, 0.15) is 0 Å². The molecule has 206 valence electrons. The number of likely N-dealkylation sites (N-methyl/N-ethyl adjacent to an activating group) is 1. The van der Waals surface area contributed by atoms with Crippen LogP contribution in [0.5, 0.6) is 0 Å². The van der Waals surface area contributed by atoms with Crippen LogP contribution in [-0.4, -0.2) is 113 Å². The van der Waals surface area contributed by atoms with E-state index in [1.807, 2.05) is 13.8 Å². The SMILES string of the molecule is CCN(CC)CCNC(=O)N(CCS(=O)(=O)c1ccc(Cl)cc1)C(C)C.O=C(O)C(O)C(O)C(=O)O. The predicted octanol–water partition coefficient (Wildman–Crippen LogP) is 0.753. The van der Waals surface area contributed by atoms with Crippen molar-refractivity contribution in [1.29, 1.82) is 0 Å². The largest absolute Gasteiger partial charge is 0.479 e. The average molecular weight is 554 g/mol. The van der Waals surface area contributed by atoms with E-state index in [2.05, 4.69) is 24.1 Å². The number of carbonyl (C=O) groups excluding carboxylic acids is 1. The number of carbonyl (C=O) groups is 3. The van der Waals surface area contributed by atoms with Gasteiger partial charge in [0.25, 0.3) is 0 Å². The van der Waals surface area contributed by atoms with Gasteiger partial charge in [-0.3, -0.25) is 0 Å². The normalized spacial score (nSPS) is 12.9. The lowest BCUT2D eigenvalue weighted by molar-refractivity contribution is -0.165. The first-order valence-corrected chi connectivity index (χ1v) is 13.3. The van der Waals surface area contributed by atoms with Gasteiger partial charge in [0.05, 0.1) is 10.6 Å². The molecule has 2 unspecified atom stereocenters. The van der Waals surface area contributed by atoms with E-state index in [4.69, 9.17) is 32.0 Å². The molecule has 1 aromatic carbocycles. The monoisotopic (exact) mass is 553 g/mol. The summed E-state index contributed by atoms with van der Waals surface area (Å²) in [4.78, 5) is 35.9. The number of benzene rings is 1. The molecule has 0 saturated carbocycles. The lowest BCUT2D eigenvalue weighted by Gasteiger charge is -2.27. The van der Waals surface area contributed by atoms with Gasteiger partial charge in [-0.05, 0) is 51.2 Å². The molecule has 0 aromatic heterocycles. The maximum Gasteiger partial charge on any atom is 0.335 e. The molecule has 5 N–H and O–H groups in total. The number of rotatable bonds is 13. The van der Waals surface area contributed by atoms with Gasteiger partial charge in [0.2, 0.25) is 0 Å². The second kappa shape index (κ2) is 16.3. The van der Waals surface area contributed by atoms with Crippen LogP contribution in [0, 0.1) is 0 Å². The zero-order valence-electron chi connectivity index (χ0n) is 20.8. The summed E-state index contributed by atoms with van der Waals surface area (Å²) < 4.78 is 24.9. The van der Waals surface area contributed by atoms with Gasteiger partial charge in [0, 0.05) is 30.7 Å². The number of carboxylic acids is 2. The van der Waals surface area contributed by atoms with Crippen molar-refractivity contribution in [1.82, 2.24) is 15.1 Å². The predicted molar refractivity (Wildman–Crippen MR) is 134 cm³/mol. The highest BCUT2D eigenvalue weighted by atomic mass is 35.5. The third kappa shape index (κ3) is 12.0. The molecule has 36 heavy (non-hydrogen) atoms. The Morgan fingerprint density at radius 3 is 1.81 bits per heavy atom. The summed E-state index contributed by atoms with van der Waals surface area (Å²) in [5, 5.41) is 35.9. The Labute approximate surface area is 216 Å². The quantitative estimate of drug-likeness (QED) is 0.233. The Morgan fingerprint density at radius 2 is 1.42 bits per heavy atom. The summed E-state index contributed by atoms with van der Waals surface area (Å²) in [6.07, 6.45) is -4.53. The van der Waals surface area contributed by atoms with E-state index >= 15 is 0 Å². The van der Waals surface area contributed by atoms with Crippen molar-refractivity contribution in [2.75, 3.05) is 38.5 Å². The van der Waals surface area contributed by atoms with E-state index in [0.29, 0.717) is 11.6 Å². The Kier molecular flexibility index (Phi) is 15.2. The van der Waals surface area contributed by atoms with Crippen LogP contribution >= 0.6 is 11.6 Å². The van der Waals surface area contributed by atoms with Crippen molar-refractivity contribution in [2.45, 2.75) is 50.8 Å². The molecule has 2 amide bonds. The molecule has 1 rings (SSSR count). The van der Waals surface area contributed by atoms with E-state index in [1.54, 1.807) is 17.0 Å². The van der Waals surface area contributed by atoms with E-state index in [1.165, 1.54) is 12.1 Å². The number of sulfone groups is 1. The molecular formula is C22H36ClN3O9S. The number of urea groups is 1. The fraction of sp³-hybridized carbons (Fsp3) is 0.591. The Bertz CT molecular complexity index is 921. The molecule has 0 saturated heterocycles. The number of aliphatic hydroxyl groups excluding tert-OH is 2. The Morgan fingerprint density at radius 1 is 0.944 bits per heavy atom. The van der Waals surface area contributed by atoms with E-state index in [-0.39, 0.29) is 29.3 Å². The van der Waals surface area contributed by atoms with Crippen molar-refractivity contribution in [3.8, 4) is 0 Å². The molecular weight excluding hydrogens is 518 g/mol. The number of halogens is 1. The summed E-state index contributed by atoms with van der Waals surface area (Å²) in [7, 11) is -3.47. The summed E-state index contributed by atoms with van der Waals surface area (Å²) in [5.74, 6) is -3.67. The third-order valence-electron chi connectivity index (χ3n) is 5.06. The second-order valence-electron chi connectivity index (χ2n) is 7.88. The minimum atomic E-state index is -3.47. The molecule has 0 bridgehead atoms. The maximum absolute atomic E-state index is 12.5. The van der Waals surface area contributed by atoms with Crippen molar-refractivity contribution in [3.63, 3.8) is 0 Å². The minimum Gasteiger partial charge on any atom is -0.479 e. The highest BCUT2D eigenvalue weighted by molar-refractivity contribution is 7.91. The summed E-state index contributed by atoms with van der Waals surface area (Å²) in [6, 6.07) is 5.74. The molecule has 0 heterocycles. The molecule has 0 radical (unpaired) electrons. The number of carboxylic acid groups (broad SMARTS) is 2. The smallest absolute Gasteiger partial charge is 0.335 e. The number of amides is 2. The van der Waals surface area contributed by atoms with E-state index in [9.17, 15) is 22.8 Å². The highest BCUT2D eigenvalue weighted by Crippen LogP contribution is 2.16. The number of hydrogen-bond acceptors (Lipinski definition) is 8. The number of hydrogen-bond donors (Lipinski definition) is 5. The third-order valence-corrected chi connectivity index (χ3v) is 7.02. The molecule has 12 nitrogen and oxygen atoms in total. The van der Waals surface area contributed by atoms with Crippen LogP contribution in [0.4, 0.5) is 4.79 Å². The van der Waals surface area contributed by atoms with Crippen LogP contribution in [-0.2, 0) is 19.4 Å². The summed E-state index contributed by atoms with van der Waals surface area (Å²) >= 11 is 5.80. The lowest BCUT2D eigenvalue weighted by atomic mass is 10.2. The molecule has 14 heteroatoms. The first-order valence-electron chi connectivity index (χ1n) is 11.2. The van der Waals surface area contributed by atoms with Gasteiger partial charge in [0.15, 0.2) is 22.0 Å². The maximum atomic E-state index is 12.5. The number of aliphatic carboxylic acids is 2. The van der Waals surface area contributed by atoms with E-state index < -0.39 is 34.0 Å². The topological polar surface area (TPSA) is 185 Å².